The van der Waals surface area contributed by atoms with Crippen molar-refractivity contribution in [3.63, 3.8) is 0 Å². The molecule has 0 aromatic carbocycles. The van der Waals surface area contributed by atoms with E-state index in [1.165, 1.54) is 0 Å². The topological polar surface area (TPSA) is 58.6 Å². The van der Waals surface area contributed by atoms with Gasteiger partial charge in [0.05, 0.1) is 13.2 Å². The van der Waals surface area contributed by atoms with E-state index in [1.54, 1.807) is 6.20 Å². The van der Waals surface area contributed by atoms with Crippen molar-refractivity contribution in [2.45, 2.75) is 13.0 Å². The van der Waals surface area contributed by atoms with E-state index in [0.717, 1.165) is 33.2 Å². The van der Waals surface area contributed by atoms with Crippen molar-refractivity contribution in [1.82, 2.24) is 19.8 Å². The predicted octanol–water partition coefficient (Wildman–Crippen LogP) is 2.20. The lowest BCUT2D eigenvalue weighted by atomic mass is 10.0. The van der Waals surface area contributed by atoms with Crippen LogP contribution in [0.3, 0.4) is 0 Å². The van der Waals surface area contributed by atoms with E-state index >= 15 is 0 Å². The number of hydrogen-bond acceptors (Lipinski definition) is 4. The van der Waals surface area contributed by atoms with Gasteiger partial charge >= 0.3 is 6.03 Å². The van der Waals surface area contributed by atoms with Crippen LogP contribution < -0.4 is 0 Å². The molecule has 1 fully saturated rings. The van der Waals surface area contributed by atoms with Gasteiger partial charge < -0.3 is 14.5 Å². The molecule has 2 aliphatic heterocycles. The first-order valence-corrected chi connectivity index (χ1v) is 8.56. The van der Waals surface area contributed by atoms with Gasteiger partial charge in [0.2, 0.25) is 0 Å². The summed E-state index contributed by atoms with van der Waals surface area (Å²) >= 11 is 3.44. The molecule has 7 heteroatoms. The zero-order valence-electron chi connectivity index (χ0n) is 12.7. The number of amides is 2. The number of urea groups is 1. The first-order valence-electron chi connectivity index (χ1n) is 7.76. The number of rotatable bonds is 0. The Morgan fingerprint density at radius 1 is 1.17 bits per heavy atom. The average molecular weight is 377 g/mol. The zero-order valence-corrected chi connectivity index (χ0v) is 14.3. The molecule has 0 unspecified atom stereocenters. The molecule has 2 aliphatic rings. The molecule has 0 N–H and O–H groups in total. The molecule has 0 bridgehead atoms. The summed E-state index contributed by atoms with van der Waals surface area (Å²) in [6.45, 7) is 3.92. The van der Waals surface area contributed by atoms with E-state index in [9.17, 15) is 4.79 Å². The summed E-state index contributed by atoms with van der Waals surface area (Å²) in [5.74, 6) is 0. The Balaban J connectivity index is 1.59. The van der Waals surface area contributed by atoms with Crippen LogP contribution >= 0.6 is 15.9 Å². The number of nitrogens with zero attached hydrogens (tertiary/aromatic N) is 4. The van der Waals surface area contributed by atoms with Gasteiger partial charge in [0, 0.05) is 54.3 Å². The Morgan fingerprint density at radius 3 is 2.83 bits per heavy atom. The highest BCUT2D eigenvalue weighted by Gasteiger charge is 2.27. The molecule has 120 valence electrons. The van der Waals surface area contributed by atoms with Crippen molar-refractivity contribution >= 4 is 33.0 Å². The maximum absolute atomic E-state index is 12.6. The number of carbonyl (C=O) groups is 1. The van der Waals surface area contributed by atoms with Crippen molar-refractivity contribution < 1.29 is 9.53 Å². The monoisotopic (exact) mass is 376 g/mol. The summed E-state index contributed by atoms with van der Waals surface area (Å²) in [7, 11) is 0. The number of morpholine rings is 1. The van der Waals surface area contributed by atoms with Crippen LogP contribution in [-0.4, -0.2) is 58.6 Å². The van der Waals surface area contributed by atoms with E-state index < -0.39 is 0 Å². The van der Waals surface area contributed by atoms with Crippen LogP contribution in [-0.2, 0) is 17.7 Å². The van der Waals surface area contributed by atoms with Crippen LogP contribution in [0.25, 0.3) is 11.0 Å². The molecule has 0 aliphatic carbocycles. The molecular formula is C16H17BrN4O2. The molecule has 0 spiro atoms. The summed E-state index contributed by atoms with van der Waals surface area (Å²) < 4.78 is 6.25. The molecule has 23 heavy (non-hydrogen) atoms. The average Bonchev–Trinajstić information content (AvgIpc) is 2.59. The smallest absolute Gasteiger partial charge is 0.320 e. The van der Waals surface area contributed by atoms with E-state index in [4.69, 9.17) is 4.74 Å². The van der Waals surface area contributed by atoms with Gasteiger partial charge in [-0.05, 0) is 33.6 Å². The first-order chi connectivity index (χ1) is 11.2. The number of fused-ring (bicyclic) bond motifs is 2. The van der Waals surface area contributed by atoms with Crippen LogP contribution in [0.15, 0.2) is 22.8 Å². The second-order valence-electron chi connectivity index (χ2n) is 5.85. The lowest BCUT2D eigenvalue weighted by Crippen LogP contribution is -2.49. The van der Waals surface area contributed by atoms with Crippen molar-refractivity contribution in [2.24, 2.45) is 0 Å². The van der Waals surface area contributed by atoms with Gasteiger partial charge in [-0.2, -0.15) is 0 Å². The largest absolute Gasteiger partial charge is 0.378 e. The van der Waals surface area contributed by atoms with E-state index in [0.29, 0.717) is 39.4 Å². The zero-order chi connectivity index (χ0) is 15.8. The fourth-order valence-corrected chi connectivity index (χ4v) is 3.46. The predicted molar refractivity (Wildman–Crippen MR) is 89.1 cm³/mol. The lowest BCUT2D eigenvalue weighted by Gasteiger charge is -2.35. The third-order valence-corrected chi connectivity index (χ3v) is 4.77. The summed E-state index contributed by atoms with van der Waals surface area (Å²) in [4.78, 5) is 25.4. The van der Waals surface area contributed by atoms with E-state index in [-0.39, 0.29) is 6.03 Å². The third-order valence-electron chi connectivity index (χ3n) is 4.33. The summed E-state index contributed by atoms with van der Waals surface area (Å²) in [5, 5.41) is 0.999. The maximum Gasteiger partial charge on any atom is 0.320 e. The van der Waals surface area contributed by atoms with Crippen LogP contribution in [0.5, 0.6) is 0 Å². The minimum atomic E-state index is 0.103. The van der Waals surface area contributed by atoms with E-state index in [2.05, 4.69) is 32.0 Å². The molecule has 2 aromatic heterocycles. The lowest BCUT2D eigenvalue weighted by molar-refractivity contribution is 0.0421. The van der Waals surface area contributed by atoms with Crippen molar-refractivity contribution in [3.05, 3.63) is 34.1 Å². The number of hydrogen-bond donors (Lipinski definition) is 0. The Hall–Kier alpha value is -1.73. The summed E-state index contributed by atoms with van der Waals surface area (Å²) in [6.07, 6.45) is 2.54. The minimum absolute atomic E-state index is 0.103. The Bertz CT molecular complexity index is 761. The molecule has 1 saturated heterocycles. The SMILES string of the molecule is O=C(N1CCOCC1)N1CCc2nc3ncc(Br)cc3cc2C1. The highest BCUT2D eigenvalue weighted by Crippen LogP contribution is 2.24. The molecule has 0 radical (unpaired) electrons. The highest BCUT2D eigenvalue weighted by molar-refractivity contribution is 9.10. The van der Waals surface area contributed by atoms with Crippen LogP contribution in [0.2, 0.25) is 0 Å². The molecular weight excluding hydrogens is 360 g/mol. The molecule has 6 nitrogen and oxygen atoms in total. The number of aromatic nitrogens is 2. The molecule has 4 heterocycles. The normalized spacial score (nSPS) is 18.1. The van der Waals surface area contributed by atoms with Gasteiger partial charge in [0.15, 0.2) is 5.65 Å². The second kappa shape index (κ2) is 6.05. The van der Waals surface area contributed by atoms with Gasteiger partial charge in [-0.15, -0.1) is 0 Å². The first kappa shape index (κ1) is 14.8. The number of halogens is 1. The van der Waals surface area contributed by atoms with Gasteiger partial charge in [0.25, 0.3) is 0 Å². The highest BCUT2D eigenvalue weighted by atomic mass is 79.9. The van der Waals surface area contributed by atoms with Gasteiger partial charge in [-0.25, -0.2) is 14.8 Å². The minimum Gasteiger partial charge on any atom is -0.378 e. The van der Waals surface area contributed by atoms with E-state index in [1.807, 2.05) is 15.9 Å². The maximum atomic E-state index is 12.6. The number of ether oxygens (including phenoxy) is 1. The van der Waals surface area contributed by atoms with Crippen LogP contribution in [0.4, 0.5) is 4.79 Å². The Kier molecular flexibility index (Phi) is 3.90. The van der Waals surface area contributed by atoms with Crippen molar-refractivity contribution in [3.8, 4) is 0 Å². The molecule has 2 aromatic rings. The van der Waals surface area contributed by atoms with Crippen molar-refractivity contribution in [2.75, 3.05) is 32.8 Å². The summed E-state index contributed by atoms with van der Waals surface area (Å²) in [6, 6.07) is 4.22. The van der Waals surface area contributed by atoms with Crippen LogP contribution in [0, 0.1) is 0 Å². The number of carbonyl (C=O) groups excluding carboxylic acids is 1. The molecule has 0 saturated carbocycles. The fraction of sp³-hybridized carbons (Fsp3) is 0.438. The molecule has 0 atom stereocenters. The standard InChI is InChI=1S/C16H17BrN4O2/c17-13-8-11-7-12-10-21(16(22)20-3-5-23-6-4-20)2-1-14(12)19-15(11)18-9-13/h7-9H,1-6,10H2. The van der Waals surface area contributed by atoms with Gasteiger partial charge in [-0.1, -0.05) is 0 Å². The Labute approximate surface area is 142 Å². The second-order valence-corrected chi connectivity index (χ2v) is 6.76. The molecule has 2 amide bonds. The molecule has 4 rings (SSSR count). The third kappa shape index (κ3) is 2.90. The Morgan fingerprint density at radius 2 is 2.00 bits per heavy atom. The van der Waals surface area contributed by atoms with Crippen LogP contribution in [0.1, 0.15) is 11.3 Å². The fourth-order valence-electron chi connectivity index (χ4n) is 3.11. The van der Waals surface area contributed by atoms with Gasteiger partial charge in [0.1, 0.15) is 0 Å². The number of pyridine rings is 2. The quantitative estimate of drug-likeness (QED) is 0.707. The van der Waals surface area contributed by atoms with Gasteiger partial charge in [-0.3, -0.25) is 0 Å². The summed E-state index contributed by atoms with van der Waals surface area (Å²) in [5.41, 5.74) is 2.93. The van der Waals surface area contributed by atoms with Crippen molar-refractivity contribution in [1.29, 1.82) is 0 Å².